The van der Waals surface area contributed by atoms with Gasteiger partial charge in [-0.05, 0) is 116 Å². The summed E-state index contributed by atoms with van der Waals surface area (Å²) in [4.78, 5) is 12.6. The van der Waals surface area contributed by atoms with Crippen molar-refractivity contribution in [3.05, 3.63) is 71.8 Å². The lowest BCUT2D eigenvalue weighted by Crippen LogP contribution is -2.63. The van der Waals surface area contributed by atoms with Crippen molar-refractivity contribution in [3.8, 4) is 11.1 Å². The van der Waals surface area contributed by atoms with Gasteiger partial charge in [0.2, 0.25) is 0 Å². The molecule has 2 N–H and O–H groups in total. The average Bonchev–Trinajstić information content (AvgIpc) is 3.77. The molecule has 7 atom stereocenters. The highest BCUT2D eigenvalue weighted by molar-refractivity contribution is 5.79. The van der Waals surface area contributed by atoms with Crippen molar-refractivity contribution >= 4 is 6.09 Å². The molecule has 0 aromatic heterocycles. The number of alkyl carbamates (subject to hydrolysis) is 1. The number of amides is 1. The van der Waals surface area contributed by atoms with E-state index in [1.165, 1.54) is 35.1 Å². The van der Waals surface area contributed by atoms with Crippen molar-refractivity contribution in [3.63, 3.8) is 0 Å². The fourth-order valence-electron chi connectivity index (χ4n) is 11.7. The molecule has 5 aliphatic carbocycles. The normalized spacial score (nSPS) is 36.8. The summed E-state index contributed by atoms with van der Waals surface area (Å²) >= 11 is 0. The number of unbranched alkanes of at least 4 members (excludes halogenated alkanes) is 1. The van der Waals surface area contributed by atoms with Crippen LogP contribution in [0.4, 0.5) is 4.79 Å². The van der Waals surface area contributed by atoms with Gasteiger partial charge in [0.1, 0.15) is 6.61 Å². The molecule has 6 nitrogen and oxygen atoms in total. The van der Waals surface area contributed by atoms with Crippen molar-refractivity contribution in [2.45, 2.75) is 102 Å². The molecule has 2 aromatic carbocycles. The zero-order chi connectivity index (χ0) is 32.3. The maximum atomic E-state index is 12.6. The first-order chi connectivity index (χ1) is 22.8. The second-order valence-corrected chi connectivity index (χ2v) is 16.1. The van der Waals surface area contributed by atoms with Crippen LogP contribution < -0.4 is 5.32 Å². The van der Waals surface area contributed by atoms with Gasteiger partial charge >= 0.3 is 6.09 Å². The van der Waals surface area contributed by atoms with Crippen LogP contribution in [0.3, 0.4) is 0 Å². The Labute approximate surface area is 280 Å². The van der Waals surface area contributed by atoms with E-state index in [2.05, 4.69) is 79.8 Å². The minimum absolute atomic E-state index is 0.0122. The van der Waals surface area contributed by atoms with Gasteiger partial charge in [0.25, 0.3) is 0 Å². The third kappa shape index (κ3) is 5.03. The molecule has 0 bridgehead atoms. The summed E-state index contributed by atoms with van der Waals surface area (Å²) in [5.41, 5.74) is 4.44. The van der Waals surface area contributed by atoms with Gasteiger partial charge in [0.05, 0.1) is 18.8 Å². The van der Waals surface area contributed by atoms with Crippen molar-refractivity contribution < 1.29 is 24.1 Å². The van der Waals surface area contributed by atoms with Crippen molar-refractivity contribution in [2.75, 3.05) is 26.4 Å². The second-order valence-electron chi connectivity index (χ2n) is 16.1. The van der Waals surface area contributed by atoms with Gasteiger partial charge in [0.15, 0.2) is 5.79 Å². The van der Waals surface area contributed by atoms with Crippen LogP contribution in [-0.4, -0.2) is 49.0 Å². The number of carbonyl (C=O) groups is 1. The van der Waals surface area contributed by atoms with Crippen LogP contribution in [0.5, 0.6) is 0 Å². The SMILES string of the molecule is C[C@]12CCC3C(CC[C@@]4(O)C[C@H](/C=C\CCCNC(=O)OCC5c6ccccc6-c6ccccc65)CC[C@]34C)C1CCC21OCCO1. The number of allylic oxidation sites excluding steroid dienone is 2. The summed E-state index contributed by atoms with van der Waals surface area (Å²) in [6, 6.07) is 16.8. The number of carbonyl (C=O) groups excluding carboxylic acids is 1. The molecule has 47 heavy (non-hydrogen) atoms. The van der Waals surface area contributed by atoms with Crippen LogP contribution in [-0.2, 0) is 14.2 Å². The minimum Gasteiger partial charge on any atom is -0.449 e. The van der Waals surface area contributed by atoms with Gasteiger partial charge in [-0.25, -0.2) is 4.79 Å². The highest BCUT2D eigenvalue weighted by Crippen LogP contribution is 2.70. The van der Waals surface area contributed by atoms with Crippen LogP contribution in [0.2, 0.25) is 0 Å². The summed E-state index contributed by atoms with van der Waals surface area (Å²) in [7, 11) is 0. The highest BCUT2D eigenvalue weighted by atomic mass is 16.7. The van der Waals surface area contributed by atoms with Gasteiger partial charge in [-0.1, -0.05) is 74.5 Å². The fraction of sp³-hybridized carbons (Fsp3) is 0.634. The molecule has 252 valence electrons. The molecule has 2 aromatic rings. The topological polar surface area (TPSA) is 77.0 Å². The summed E-state index contributed by atoms with van der Waals surface area (Å²) in [5.74, 6) is 2.04. The third-order valence-electron chi connectivity index (χ3n) is 14.2. The maximum Gasteiger partial charge on any atom is 0.407 e. The van der Waals surface area contributed by atoms with Gasteiger partial charge in [-0.3, -0.25) is 0 Å². The lowest BCUT2D eigenvalue weighted by molar-refractivity contribution is -0.260. The molecule has 6 aliphatic rings. The Morgan fingerprint density at radius 2 is 1.55 bits per heavy atom. The van der Waals surface area contributed by atoms with E-state index in [4.69, 9.17) is 14.2 Å². The zero-order valence-corrected chi connectivity index (χ0v) is 28.3. The largest absolute Gasteiger partial charge is 0.449 e. The molecule has 1 heterocycles. The fourth-order valence-corrected chi connectivity index (χ4v) is 11.7. The lowest BCUT2D eigenvalue weighted by Gasteiger charge is -2.64. The maximum absolute atomic E-state index is 12.6. The van der Waals surface area contributed by atoms with Crippen LogP contribution in [0.1, 0.15) is 102 Å². The number of hydrogen-bond donors (Lipinski definition) is 2. The Hall–Kier alpha value is -2.67. The monoisotopic (exact) mass is 639 g/mol. The van der Waals surface area contributed by atoms with E-state index in [9.17, 15) is 9.90 Å². The van der Waals surface area contributed by atoms with Crippen LogP contribution in [0.15, 0.2) is 60.7 Å². The van der Waals surface area contributed by atoms with E-state index in [1.54, 1.807) is 0 Å². The van der Waals surface area contributed by atoms with Gasteiger partial charge < -0.3 is 24.6 Å². The summed E-state index contributed by atoms with van der Waals surface area (Å²) in [6.07, 6.45) is 15.8. The van der Waals surface area contributed by atoms with E-state index in [0.717, 1.165) is 71.0 Å². The molecular weight excluding hydrogens is 586 g/mol. The summed E-state index contributed by atoms with van der Waals surface area (Å²) < 4.78 is 18.4. The first-order valence-corrected chi connectivity index (χ1v) is 18.5. The molecule has 5 fully saturated rings. The van der Waals surface area contributed by atoms with Gasteiger partial charge in [-0.15, -0.1) is 0 Å². The standard InChI is InChI=1S/C41H53NO5/c1-38-19-15-28(26-40(38,44)21-16-33-35(38)17-20-39(2)36(33)18-22-41(39)46-24-25-47-41)10-4-3-9-23-42-37(43)45-27-34-31-13-7-5-11-29(31)30-12-6-8-14-32(30)34/h4-8,10-14,28,33-36,44H,3,9,15-27H2,1-2H3,(H,42,43)/b10-4-/t28-,33?,35?,36?,38-,39+,40-/m1/s1. The Bertz CT molecular complexity index is 1470. The molecule has 0 radical (unpaired) electrons. The molecule has 1 aliphatic heterocycles. The average molecular weight is 640 g/mol. The van der Waals surface area contributed by atoms with Crippen molar-refractivity contribution in [2.24, 2.45) is 34.5 Å². The van der Waals surface area contributed by atoms with E-state index >= 15 is 0 Å². The Kier molecular flexibility index (Phi) is 8.09. The molecule has 8 rings (SSSR count). The van der Waals surface area contributed by atoms with E-state index in [1.807, 2.05) is 0 Å². The predicted octanol–water partition coefficient (Wildman–Crippen LogP) is 8.38. The molecule has 4 saturated carbocycles. The van der Waals surface area contributed by atoms with Crippen LogP contribution in [0, 0.1) is 34.5 Å². The smallest absolute Gasteiger partial charge is 0.407 e. The number of hydrogen-bond acceptors (Lipinski definition) is 5. The van der Waals surface area contributed by atoms with Crippen molar-refractivity contribution in [1.82, 2.24) is 5.32 Å². The zero-order valence-electron chi connectivity index (χ0n) is 28.3. The summed E-state index contributed by atoms with van der Waals surface area (Å²) in [6.45, 7) is 7.28. The molecule has 1 amide bonds. The highest BCUT2D eigenvalue weighted by Gasteiger charge is 2.69. The van der Waals surface area contributed by atoms with E-state index < -0.39 is 5.60 Å². The van der Waals surface area contributed by atoms with E-state index in [0.29, 0.717) is 36.8 Å². The van der Waals surface area contributed by atoms with Gasteiger partial charge in [-0.2, -0.15) is 0 Å². The summed E-state index contributed by atoms with van der Waals surface area (Å²) in [5, 5.41) is 15.2. The number of nitrogens with one attached hydrogen (secondary N) is 1. The first kappa shape index (κ1) is 31.6. The molecule has 1 saturated heterocycles. The Morgan fingerprint density at radius 1 is 0.894 bits per heavy atom. The lowest BCUT2D eigenvalue weighted by atomic mass is 9.43. The molecule has 6 heteroatoms. The quantitative estimate of drug-likeness (QED) is 0.235. The number of benzene rings is 2. The molecular formula is C41H53NO5. The number of rotatable bonds is 7. The first-order valence-electron chi connectivity index (χ1n) is 18.5. The molecule has 1 spiro atoms. The van der Waals surface area contributed by atoms with Crippen LogP contribution >= 0.6 is 0 Å². The van der Waals surface area contributed by atoms with E-state index in [-0.39, 0.29) is 28.6 Å². The third-order valence-corrected chi connectivity index (χ3v) is 14.2. The number of aliphatic hydroxyl groups is 1. The Balaban J connectivity index is 0.798. The van der Waals surface area contributed by atoms with Crippen LogP contribution in [0.25, 0.3) is 11.1 Å². The number of ether oxygens (including phenoxy) is 3. The number of fused-ring (bicyclic) bond motifs is 9. The van der Waals surface area contributed by atoms with Gasteiger partial charge in [0, 0.05) is 24.3 Å². The predicted molar refractivity (Wildman–Crippen MR) is 183 cm³/mol. The molecule has 3 unspecified atom stereocenters. The minimum atomic E-state index is -0.586. The second kappa shape index (κ2) is 12.0. The van der Waals surface area contributed by atoms with Crippen molar-refractivity contribution in [1.29, 1.82) is 0 Å². The Morgan fingerprint density at radius 3 is 2.30 bits per heavy atom.